The van der Waals surface area contributed by atoms with E-state index in [0.29, 0.717) is 37.3 Å². The van der Waals surface area contributed by atoms with Gasteiger partial charge in [0.2, 0.25) is 0 Å². The topological polar surface area (TPSA) is 77.7 Å². The minimum Gasteiger partial charge on any atom is -0.462 e. The van der Waals surface area contributed by atoms with Crippen LogP contribution in [0.5, 0.6) is 0 Å². The zero-order chi connectivity index (χ0) is 28.1. The van der Waals surface area contributed by atoms with Crippen LogP contribution in [0.3, 0.4) is 0 Å². The van der Waals surface area contributed by atoms with E-state index < -0.39 is 0 Å². The fraction of sp³-hybridized carbons (Fsp3) is 0.939. The average Bonchev–Trinajstić information content (AvgIpc) is 3.81. The molecule has 5 unspecified atom stereocenters. The molecule has 5 atom stereocenters. The van der Waals surface area contributed by atoms with Crippen LogP contribution in [-0.2, 0) is 28.5 Å². The molecule has 6 nitrogen and oxygen atoms in total. The Morgan fingerprint density at radius 1 is 0.564 bits per heavy atom. The van der Waals surface area contributed by atoms with E-state index >= 15 is 0 Å². The molecule has 2 rings (SSSR count). The summed E-state index contributed by atoms with van der Waals surface area (Å²) in [7, 11) is 0. The van der Waals surface area contributed by atoms with Gasteiger partial charge in [0.1, 0.15) is 12.7 Å². The van der Waals surface area contributed by atoms with Crippen molar-refractivity contribution in [2.45, 2.75) is 193 Å². The summed E-state index contributed by atoms with van der Waals surface area (Å²) >= 11 is 0. The Hall–Kier alpha value is -1.14. The van der Waals surface area contributed by atoms with Crippen molar-refractivity contribution in [3.05, 3.63) is 0 Å². The van der Waals surface area contributed by atoms with Crippen molar-refractivity contribution >= 4 is 11.9 Å². The zero-order valence-corrected chi connectivity index (χ0v) is 25.6. The molecule has 0 aromatic rings. The van der Waals surface area contributed by atoms with E-state index in [1.807, 2.05) is 0 Å². The maximum Gasteiger partial charge on any atom is 0.306 e. The van der Waals surface area contributed by atoms with Crippen LogP contribution in [0, 0.1) is 0 Å². The summed E-state index contributed by atoms with van der Waals surface area (Å²) in [6.45, 7) is 6.26. The second-order valence-corrected chi connectivity index (χ2v) is 12.2. The lowest BCUT2D eigenvalue weighted by Gasteiger charge is -2.13. The molecule has 0 aromatic heterocycles. The summed E-state index contributed by atoms with van der Waals surface area (Å²) in [5, 5.41) is 0. The first-order chi connectivity index (χ1) is 19.0. The van der Waals surface area contributed by atoms with Crippen molar-refractivity contribution in [2.24, 2.45) is 0 Å². The van der Waals surface area contributed by atoms with E-state index in [-0.39, 0.29) is 24.6 Å². The third-order valence-corrected chi connectivity index (χ3v) is 8.22. The molecule has 228 valence electrons. The van der Waals surface area contributed by atoms with Gasteiger partial charge in [0.15, 0.2) is 0 Å². The standard InChI is InChI=1S/C33H60O6/c1-27(37-33(35)25-21-17-13-9-5-7-11-15-19-23-31-29(3)39-31)26-36-32(34)24-20-16-12-8-4-6-10-14-18-22-30-28(2)38-30/h27-31H,4-26H2,1-3H3. The fourth-order valence-electron chi connectivity index (χ4n) is 5.37. The SMILES string of the molecule is CC(COC(=O)CCCCCCCCCCCC1OC1C)OC(=O)CCCCCCCCCCCC1OC1C. The van der Waals surface area contributed by atoms with Gasteiger partial charge in [-0.15, -0.1) is 0 Å². The summed E-state index contributed by atoms with van der Waals surface area (Å²) < 4.78 is 21.6. The van der Waals surface area contributed by atoms with Crippen LogP contribution in [0.2, 0.25) is 0 Å². The van der Waals surface area contributed by atoms with Gasteiger partial charge in [-0.2, -0.15) is 0 Å². The second-order valence-electron chi connectivity index (χ2n) is 12.2. The predicted molar refractivity (Wildman–Crippen MR) is 157 cm³/mol. The summed E-state index contributed by atoms with van der Waals surface area (Å²) in [4.78, 5) is 24.0. The molecule has 2 fully saturated rings. The maximum atomic E-state index is 12.0. The van der Waals surface area contributed by atoms with E-state index in [9.17, 15) is 9.59 Å². The fourth-order valence-corrected chi connectivity index (χ4v) is 5.37. The first kappa shape index (κ1) is 34.1. The molecule has 2 heterocycles. The number of unbranched alkanes of at least 4 members (excludes halogenated alkanes) is 16. The molecule has 2 aliphatic heterocycles. The highest BCUT2D eigenvalue weighted by atomic mass is 16.6. The largest absolute Gasteiger partial charge is 0.462 e. The molecule has 0 bridgehead atoms. The molecule has 0 spiro atoms. The molecule has 0 aliphatic carbocycles. The van der Waals surface area contributed by atoms with Crippen LogP contribution in [-0.4, -0.2) is 49.1 Å². The van der Waals surface area contributed by atoms with Crippen molar-refractivity contribution in [3.8, 4) is 0 Å². The lowest BCUT2D eigenvalue weighted by molar-refractivity contribution is -0.158. The normalized spacial score (nSPS) is 22.4. The van der Waals surface area contributed by atoms with Crippen molar-refractivity contribution < 1.29 is 28.5 Å². The number of hydrogen-bond acceptors (Lipinski definition) is 6. The van der Waals surface area contributed by atoms with E-state index in [1.165, 1.54) is 103 Å². The molecular formula is C33H60O6. The summed E-state index contributed by atoms with van der Waals surface area (Å²) in [5.41, 5.74) is 0. The van der Waals surface area contributed by atoms with Gasteiger partial charge in [-0.25, -0.2) is 0 Å². The van der Waals surface area contributed by atoms with Gasteiger partial charge in [-0.3, -0.25) is 9.59 Å². The first-order valence-electron chi connectivity index (χ1n) is 16.6. The highest BCUT2D eigenvalue weighted by Crippen LogP contribution is 2.27. The molecule has 0 aromatic carbocycles. The van der Waals surface area contributed by atoms with E-state index in [0.717, 1.165) is 25.7 Å². The Bertz CT molecular complexity index is 638. The second kappa shape index (κ2) is 21.6. The van der Waals surface area contributed by atoms with E-state index in [1.54, 1.807) is 6.92 Å². The minimum atomic E-state index is -0.378. The lowest BCUT2D eigenvalue weighted by Crippen LogP contribution is -2.22. The molecule has 2 saturated heterocycles. The molecule has 0 radical (unpaired) electrons. The van der Waals surface area contributed by atoms with Crippen LogP contribution in [0.15, 0.2) is 0 Å². The number of ether oxygens (including phenoxy) is 4. The maximum absolute atomic E-state index is 12.0. The average molecular weight is 553 g/mol. The molecule has 0 amide bonds. The van der Waals surface area contributed by atoms with Gasteiger partial charge in [0, 0.05) is 12.8 Å². The number of esters is 2. The summed E-state index contributed by atoms with van der Waals surface area (Å²) in [6, 6.07) is 0. The van der Waals surface area contributed by atoms with Crippen molar-refractivity contribution in [2.75, 3.05) is 6.61 Å². The Morgan fingerprint density at radius 3 is 1.28 bits per heavy atom. The van der Waals surface area contributed by atoms with Gasteiger partial charge in [0.05, 0.1) is 24.4 Å². The van der Waals surface area contributed by atoms with Crippen LogP contribution in [0.4, 0.5) is 0 Å². The molecule has 0 N–H and O–H groups in total. The quantitative estimate of drug-likeness (QED) is 0.0577. The molecule has 0 saturated carbocycles. The summed E-state index contributed by atoms with van der Waals surface area (Å²) in [5.74, 6) is -0.363. The van der Waals surface area contributed by atoms with Gasteiger partial charge in [0.25, 0.3) is 0 Å². The number of carbonyl (C=O) groups is 2. The van der Waals surface area contributed by atoms with Crippen molar-refractivity contribution in [1.82, 2.24) is 0 Å². The minimum absolute atomic E-state index is 0.156. The van der Waals surface area contributed by atoms with Crippen LogP contribution < -0.4 is 0 Å². The van der Waals surface area contributed by atoms with E-state index in [4.69, 9.17) is 18.9 Å². The monoisotopic (exact) mass is 552 g/mol. The Labute approximate surface area is 239 Å². The van der Waals surface area contributed by atoms with Crippen molar-refractivity contribution in [3.63, 3.8) is 0 Å². The Balaban J connectivity index is 1.25. The van der Waals surface area contributed by atoms with Gasteiger partial charge >= 0.3 is 11.9 Å². The third-order valence-electron chi connectivity index (χ3n) is 8.22. The summed E-state index contributed by atoms with van der Waals surface area (Å²) in [6.07, 6.45) is 27.0. The van der Waals surface area contributed by atoms with E-state index in [2.05, 4.69) is 13.8 Å². The highest BCUT2D eigenvalue weighted by Gasteiger charge is 2.33. The number of rotatable bonds is 27. The van der Waals surface area contributed by atoms with Crippen molar-refractivity contribution in [1.29, 1.82) is 0 Å². The zero-order valence-electron chi connectivity index (χ0n) is 25.6. The van der Waals surface area contributed by atoms with Gasteiger partial charge in [-0.1, -0.05) is 103 Å². The lowest BCUT2D eigenvalue weighted by atomic mass is 10.0. The van der Waals surface area contributed by atoms with Crippen LogP contribution in [0.25, 0.3) is 0 Å². The molecule has 6 heteroatoms. The first-order valence-corrected chi connectivity index (χ1v) is 16.6. The molecule has 2 aliphatic rings. The van der Waals surface area contributed by atoms with Gasteiger partial charge < -0.3 is 18.9 Å². The molecular weight excluding hydrogens is 492 g/mol. The number of epoxide rings is 2. The van der Waals surface area contributed by atoms with Gasteiger partial charge in [-0.05, 0) is 46.5 Å². The highest BCUT2D eigenvalue weighted by molar-refractivity contribution is 5.70. The smallest absolute Gasteiger partial charge is 0.306 e. The Kier molecular flexibility index (Phi) is 18.9. The number of hydrogen-bond donors (Lipinski definition) is 0. The third kappa shape index (κ3) is 19.6. The predicted octanol–water partition coefficient (Wildman–Crippen LogP) is 8.62. The molecule has 39 heavy (non-hydrogen) atoms. The van der Waals surface area contributed by atoms with Crippen LogP contribution in [0.1, 0.15) is 162 Å². The Morgan fingerprint density at radius 2 is 0.897 bits per heavy atom. The number of carbonyl (C=O) groups excluding carboxylic acids is 2. The van der Waals surface area contributed by atoms with Crippen LogP contribution >= 0.6 is 0 Å².